The van der Waals surface area contributed by atoms with E-state index in [0.717, 1.165) is 24.9 Å². The molecule has 1 unspecified atom stereocenters. The van der Waals surface area contributed by atoms with Gasteiger partial charge in [-0.25, -0.2) is 0 Å². The highest BCUT2D eigenvalue weighted by atomic mass is 15.3. The van der Waals surface area contributed by atoms with Gasteiger partial charge < -0.3 is 10.2 Å². The van der Waals surface area contributed by atoms with Crippen molar-refractivity contribution >= 4 is 5.82 Å². The normalized spacial score (nSPS) is 24.3. The van der Waals surface area contributed by atoms with Crippen molar-refractivity contribution in [1.82, 2.24) is 15.5 Å². The molecule has 18 heavy (non-hydrogen) atoms. The summed E-state index contributed by atoms with van der Waals surface area (Å²) in [6, 6.07) is 3.54. The van der Waals surface area contributed by atoms with Crippen LogP contribution in [-0.4, -0.2) is 35.4 Å². The zero-order valence-electron chi connectivity index (χ0n) is 11.1. The van der Waals surface area contributed by atoms with Crippen LogP contribution in [0.25, 0.3) is 0 Å². The summed E-state index contributed by atoms with van der Waals surface area (Å²) in [6.07, 6.45) is 8.43. The van der Waals surface area contributed by atoms with Gasteiger partial charge >= 0.3 is 0 Å². The number of hydrogen-bond donors (Lipinski definition) is 1. The Balaban J connectivity index is 1.69. The van der Waals surface area contributed by atoms with Gasteiger partial charge in [-0.2, -0.15) is 5.10 Å². The second-order valence-electron chi connectivity index (χ2n) is 5.62. The van der Waals surface area contributed by atoms with Crippen molar-refractivity contribution in [3.05, 3.63) is 17.8 Å². The molecule has 0 bridgehead atoms. The highest BCUT2D eigenvalue weighted by molar-refractivity contribution is 5.41. The molecular weight excluding hydrogens is 224 g/mol. The number of hydrogen-bond acceptors (Lipinski definition) is 4. The minimum absolute atomic E-state index is 0.593. The molecule has 3 rings (SSSR count). The van der Waals surface area contributed by atoms with Gasteiger partial charge in [0.1, 0.15) is 0 Å². The van der Waals surface area contributed by atoms with Crippen molar-refractivity contribution in [2.75, 3.05) is 18.0 Å². The average Bonchev–Trinajstić information content (AvgIpc) is 3.21. The predicted molar refractivity (Wildman–Crippen MR) is 72.8 cm³/mol. The molecule has 1 saturated carbocycles. The molecule has 1 aliphatic carbocycles. The van der Waals surface area contributed by atoms with E-state index in [4.69, 9.17) is 0 Å². The van der Waals surface area contributed by atoms with Crippen LogP contribution < -0.4 is 10.2 Å². The minimum Gasteiger partial charge on any atom is -0.351 e. The summed E-state index contributed by atoms with van der Waals surface area (Å²) in [6.45, 7) is 4.30. The van der Waals surface area contributed by atoms with Gasteiger partial charge in [-0.1, -0.05) is 0 Å². The lowest BCUT2D eigenvalue weighted by Crippen LogP contribution is -2.46. The van der Waals surface area contributed by atoms with E-state index in [1.54, 1.807) is 0 Å². The Hall–Kier alpha value is -1.16. The van der Waals surface area contributed by atoms with Gasteiger partial charge in [0.05, 0.1) is 6.20 Å². The number of nitrogens with zero attached hydrogens (tertiary/aromatic N) is 3. The topological polar surface area (TPSA) is 41.1 Å². The summed E-state index contributed by atoms with van der Waals surface area (Å²) < 4.78 is 0. The van der Waals surface area contributed by atoms with Crippen LogP contribution in [0, 0.1) is 6.92 Å². The zero-order valence-corrected chi connectivity index (χ0v) is 11.1. The molecule has 1 atom stereocenters. The molecule has 0 aromatic carbocycles. The van der Waals surface area contributed by atoms with Crippen molar-refractivity contribution < 1.29 is 0 Å². The predicted octanol–water partition coefficient (Wildman–Crippen LogP) is 1.90. The first-order valence-electron chi connectivity index (χ1n) is 7.12. The fourth-order valence-electron chi connectivity index (χ4n) is 2.69. The molecule has 98 valence electrons. The molecule has 4 nitrogen and oxygen atoms in total. The maximum Gasteiger partial charge on any atom is 0.151 e. The van der Waals surface area contributed by atoms with Gasteiger partial charge in [0, 0.05) is 25.2 Å². The second-order valence-corrected chi connectivity index (χ2v) is 5.62. The van der Waals surface area contributed by atoms with E-state index in [9.17, 15) is 0 Å². The quantitative estimate of drug-likeness (QED) is 0.881. The van der Waals surface area contributed by atoms with Gasteiger partial charge in [0.25, 0.3) is 0 Å². The van der Waals surface area contributed by atoms with E-state index >= 15 is 0 Å². The van der Waals surface area contributed by atoms with Crippen molar-refractivity contribution in [2.45, 2.75) is 51.1 Å². The Morgan fingerprint density at radius 3 is 3.00 bits per heavy atom. The third-order valence-electron chi connectivity index (χ3n) is 3.92. The summed E-state index contributed by atoms with van der Waals surface area (Å²) in [5.41, 5.74) is 1.19. The molecule has 2 aliphatic rings. The molecule has 1 aromatic heterocycles. The lowest BCUT2D eigenvalue weighted by Gasteiger charge is -2.36. The van der Waals surface area contributed by atoms with Gasteiger partial charge in [-0.15, -0.1) is 5.10 Å². The number of piperidine rings is 1. The van der Waals surface area contributed by atoms with Crippen LogP contribution in [0.1, 0.15) is 37.7 Å². The van der Waals surface area contributed by atoms with Crippen molar-refractivity contribution in [2.24, 2.45) is 0 Å². The molecular formula is C14H22N4. The number of rotatable bonds is 4. The molecule has 0 radical (unpaired) electrons. The third-order valence-corrected chi connectivity index (χ3v) is 3.92. The Bertz CT molecular complexity index is 403. The number of aromatic nitrogens is 2. The molecule has 0 spiro atoms. The lowest BCUT2D eigenvalue weighted by molar-refractivity contribution is 0.430. The largest absolute Gasteiger partial charge is 0.351 e. The lowest BCUT2D eigenvalue weighted by atomic mass is 10.0. The van der Waals surface area contributed by atoms with Crippen molar-refractivity contribution in [1.29, 1.82) is 0 Å². The zero-order chi connectivity index (χ0) is 12.4. The van der Waals surface area contributed by atoms with Crippen LogP contribution >= 0.6 is 0 Å². The van der Waals surface area contributed by atoms with Gasteiger partial charge in [0.15, 0.2) is 5.82 Å². The number of anilines is 1. The molecule has 0 amide bonds. The van der Waals surface area contributed by atoms with Crippen molar-refractivity contribution in [3.63, 3.8) is 0 Å². The van der Waals surface area contributed by atoms with Crippen LogP contribution in [0.4, 0.5) is 5.82 Å². The van der Waals surface area contributed by atoms with E-state index in [0.29, 0.717) is 6.04 Å². The molecule has 1 saturated heterocycles. The van der Waals surface area contributed by atoms with Gasteiger partial charge in [0.2, 0.25) is 0 Å². The molecule has 2 heterocycles. The van der Waals surface area contributed by atoms with Crippen LogP contribution in [0.15, 0.2) is 12.3 Å². The van der Waals surface area contributed by atoms with E-state index < -0.39 is 0 Å². The van der Waals surface area contributed by atoms with E-state index in [-0.39, 0.29) is 0 Å². The van der Waals surface area contributed by atoms with Crippen LogP contribution in [0.3, 0.4) is 0 Å². The molecule has 4 heteroatoms. The first kappa shape index (κ1) is 11.9. The molecule has 1 N–H and O–H groups in total. The van der Waals surface area contributed by atoms with Crippen LogP contribution in [0.5, 0.6) is 0 Å². The summed E-state index contributed by atoms with van der Waals surface area (Å²) in [4.78, 5) is 2.44. The highest BCUT2D eigenvalue weighted by Gasteiger charge is 2.27. The first-order valence-corrected chi connectivity index (χ1v) is 7.12. The number of aryl methyl sites for hydroxylation is 1. The second kappa shape index (κ2) is 5.22. The maximum atomic E-state index is 4.30. The Labute approximate surface area is 109 Å². The van der Waals surface area contributed by atoms with E-state index in [2.05, 4.69) is 33.4 Å². The average molecular weight is 246 g/mol. The number of nitrogens with one attached hydrogen (secondary N) is 1. The van der Waals surface area contributed by atoms with Crippen molar-refractivity contribution in [3.8, 4) is 0 Å². The summed E-state index contributed by atoms with van der Waals surface area (Å²) >= 11 is 0. The fraction of sp³-hybridized carbons (Fsp3) is 0.714. The van der Waals surface area contributed by atoms with Crippen LogP contribution in [0.2, 0.25) is 0 Å². The maximum absolute atomic E-state index is 4.30. The third kappa shape index (κ3) is 2.80. The fourth-order valence-corrected chi connectivity index (χ4v) is 2.69. The summed E-state index contributed by atoms with van der Waals surface area (Å²) in [5, 5.41) is 12.0. The highest BCUT2D eigenvalue weighted by Crippen LogP contribution is 2.24. The monoisotopic (exact) mass is 246 g/mol. The van der Waals surface area contributed by atoms with Gasteiger partial charge in [-0.05, 0) is 50.7 Å². The summed E-state index contributed by atoms with van der Waals surface area (Å²) in [5.74, 6) is 1.05. The molecule has 1 aliphatic heterocycles. The minimum atomic E-state index is 0.593. The Kier molecular flexibility index (Phi) is 3.46. The first-order chi connectivity index (χ1) is 8.83. The molecule has 2 fully saturated rings. The Morgan fingerprint density at radius 1 is 1.33 bits per heavy atom. The Morgan fingerprint density at radius 2 is 2.22 bits per heavy atom. The van der Waals surface area contributed by atoms with E-state index in [1.165, 1.54) is 37.7 Å². The SMILES string of the molecule is Cc1cnnc(N2CCCCC2CNC2CC2)c1. The summed E-state index contributed by atoms with van der Waals surface area (Å²) in [7, 11) is 0. The smallest absolute Gasteiger partial charge is 0.151 e. The van der Waals surface area contributed by atoms with Gasteiger partial charge in [-0.3, -0.25) is 0 Å². The standard InChI is InChI=1S/C14H22N4/c1-11-8-14(17-16-9-11)18-7-3-2-4-13(18)10-15-12-5-6-12/h8-9,12-13,15H,2-7,10H2,1H3. The van der Waals surface area contributed by atoms with Crippen LogP contribution in [-0.2, 0) is 0 Å². The molecule has 1 aromatic rings. The van der Waals surface area contributed by atoms with E-state index in [1.807, 2.05) is 6.20 Å².